The fourth-order valence-corrected chi connectivity index (χ4v) is 3.49. The van der Waals surface area contributed by atoms with Gasteiger partial charge in [-0.15, -0.1) is 0 Å². The summed E-state index contributed by atoms with van der Waals surface area (Å²) in [5, 5.41) is 2.96. The molecule has 0 unspecified atom stereocenters. The van der Waals surface area contributed by atoms with Crippen molar-refractivity contribution in [2.45, 2.75) is 12.8 Å². The van der Waals surface area contributed by atoms with Gasteiger partial charge >= 0.3 is 0 Å². The Morgan fingerprint density at radius 2 is 1.96 bits per heavy atom. The molecule has 5 nitrogen and oxygen atoms in total. The summed E-state index contributed by atoms with van der Waals surface area (Å²) < 4.78 is 0.970. The van der Waals surface area contributed by atoms with E-state index >= 15 is 0 Å². The molecular formula is C21H22BrN3O2. The Morgan fingerprint density at radius 3 is 2.67 bits per heavy atom. The lowest BCUT2D eigenvalue weighted by Gasteiger charge is -2.31. The van der Waals surface area contributed by atoms with E-state index in [1.165, 1.54) is 0 Å². The second-order valence-corrected chi connectivity index (χ2v) is 7.43. The van der Waals surface area contributed by atoms with Crippen LogP contribution >= 0.6 is 15.9 Å². The number of carbonyl (C=O) groups excluding carboxylic acids is 2. The number of amides is 2. The third kappa shape index (κ3) is 5.50. The summed E-state index contributed by atoms with van der Waals surface area (Å²) in [6.45, 7) is 2.06. The van der Waals surface area contributed by atoms with Crippen LogP contribution in [0.2, 0.25) is 0 Å². The summed E-state index contributed by atoms with van der Waals surface area (Å²) in [5.41, 5.74) is 1.56. The quantitative estimate of drug-likeness (QED) is 0.742. The van der Waals surface area contributed by atoms with Crippen molar-refractivity contribution in [3.8, 4) is 0 Å². The first-order valence-corrected chi connectivity index (χ1v) is 9.82. The van der Waals surface area contributed by atoms with Gasteiger partial charge < -0.3 is 10.2 Å². The van der Waals surface area contributed by atoms with Gasteiger partial charge in [-0.05, 0) is 48.6 Å². The number of nitrogens with zero attached hydrogens (tertiary/aromatic N) is 2. The van der Waals surface area contributed by atoms with Crippen LogP contribution in [-0.2, 0) is 4.79 Å². The Labute approximate surface area is 167 Å². The van der Waals surface area contributed by atoms with Gasteiger partial charge in [0.15, 0.2) is 0 Å². The molecule has 1 N–H and O–H groups in total. The van der Waals surface area contributed by atoms with Crippen molar-refractivity contribution in [2.24, 2.45) is 5.92 Å². The van der Waals surface area contributed by atoms with Crippen LogP contribution in [0.25, 0.3) is 6.08 Å². The molecule has 2 aromatic rings. The van der Waals surface area contributed by atoms with E-state index in [9.17, 15) is 9.59 Å². The van der Waals surface area contributed by atoms with E-state index in [0.717, 1.165) is 22.9 Å². The predicted molar refractivity (Wildman–Crippen MR) is 109 cm³/mol. The van der Waals surface area contributed by atoms with Gasteiger partial charge in [-0.25, -0.2) is 0 Å². The number of aromatic nitrogens is 1. The summed E-state index contributed by atoms with van der Waals surface area (Å²) in [5.74, 6) is 0.323. The predicted octanol–water partition coefficient (Wildman–Crippen LogP) is 3.53. The molecule has 1 aromatic heterocycles. The standard InChI is InChI=1S/C21H22BrN3O2/c22-19-6-2-1-4-17(19)7-8-20(26)25-12-9-16(10-13-25)14-24-21(27)18-5-3-11-23-15-18/h1-8,11,15-16H,9-10,12-14H2,(H,24,27)/b8-7+. The van der Waals surface area contributed by atoms with E-state index < -0.39 is 0 Å². The Bertz CT molecular complexity index is 815. The molecule has 3 rings (SSSR count). The second-order valence-electron chi connectivity index (χ2n) is 6.58. The molecule has 0 aliphatic carbocycles. The molecule has 0 radical (unpaired) electrons. The smallest absolute Gasteiger partial charge is 0.252 e. The fraction of sp³-hybridized carbons (Fsp3) is 0.286. The number of carbonyl (C=O) groups is 2. The van der Waals surface area contributed by atoms with Gasteiger partial charge in [0.2, 0.25) is 5.91 Å². The van der Waals surface area contributed by atoms with Crippen LogP contribution in [0.1, 0.15) is 28.8 Å². The number of halogens is 1. The number of nitrogens with one attached hydrogen (secondary N) is 1. The zero-order valence-corrected chi connectivity index (χ0v) is 16.6. The zero-order chi connectivity index (χ0) is 19.1. The van der Waals surface area contributed by atoms with Crippen LogP contribution in [0, 0.1) is 5.92 Å². The average molecular weight is 428 g/mol. The summed E-state index contributed by atoms with van der Waals surface area (Å²) >= 11 is 3.48. The lowest BCUT2D eigenvalue weighted by molar-refractivity contribution is -0.127. The van der Waals surface area contributed by atoms with Gasteiger partial charge in [-0.2, -0.15) is 0 Å². The molecule has 1 fully saturated rings. The molecule has 27 heavy (non-hydrogen) atoms. The number of rotatable bonds is 5. The maximum absolute atomic E-state index is 12.4. The number of likely N-dealkylation sites (tertiary alicyclic amines) is 1. The SMILES string of the molecule is O=C(NCC1CCN(C(=O)/C=C/c2ccccc2Br)CC1)c1cccnc1. The number of benzene rings is 1. The minimum atomic E-state index is -0.0991. The van der Waals surface area contributed by atoms with Crippen molar-refractivity contribution in [3.05, 3.63) is 70.5 Å². The molecule has 6 heteroatoms. The molecule has 0 spiro atoms. The van der Waals surface area contributed by atoms with E-state index in [2.05, 4.69) is 26.2 Å². The number of hydrogen-bond donors (Lipinski definition) is 1. The third-order valence-corrected chi connectivity index (χ3v) is 5.43. The molecule has 0 atom stereocenters. The minimum Gasteiger partial charge on any atom is -0.352 e. The van der Waals surface area contributed by atoms with Crippen molar-refractivity contribution in [1.29, 1.82) is 0 Å². The molecule has 2 amide bonds. The third-order valence-electron chi connectivity index (χ3n) is 4.71. The monoisotopic (exact) mass is 427 g/mol. The lowest BCUT2D eigenvalue weighted by Crippen LogP contribution is -2.41. The molecule has 1 aliphatic heterocycles. The lowest BCUT2D eigenvalue weighted by atomic mass is 9.96. The zero-order valence-electron chi connectivity index (χ0n) is 15.0. The van der Waals surface area contributed by atoms with Crippen molar-refractivity contribution < 1.29 is 9.59 Å². The van der Waals surface area contributed by atoms with Crippen molar-refractivity contribution >= 4 is 33.8 Å². The van der Waals surface area contributed by atoms with Crippen LogP contribution in [0.4, 0.5) is 0 Å². The van der Waals surface area contributed by atoms with Crippen LogP contribution in [-0.4, -0.2) is 41.3 Å². The van der Waals surface area contributed by atoms with Crippen LogP contribution in [0.5, 0.6) is 0 Å². The highest BCUT2D eigenvalue weighted by molar-refractivity contribution is 9.10. The highest BCUT2D eigenvalue weighted by Gasteiger charge is 2.22. The highest BCUT2D eigenvalue weighted by atomic mass is 79.9. The first kappa shape index (κ1) is 19.3. The van der Waals surface area contributed by atoms with E-state index in [1.54, 1.807) is 30.6 Å². The molecule has 0 saturated carbocycles. The topological polar surface area (TPSA) is 62.3 Å². The minimum absolute atomic E-state index is 0.0311. The molecule has 2 heterocycles. The molecular weight excluding hydrogens is 406 g/mol. The molecule has 1 aliphatic rings. The Morgan fingerprint density at radius 1 is 1.19 bits per heavy atom. The average Bonchev–Trinajstić information content (AvgIpc) is 2.72. The summed E-state index contributed by atoms with van der Waals surface area (Å²) in [6, 6.07) is 11.3. The van der Waals surface area contributed by atoms with Gasteiger partial charge in [-0.3, -0.25) is 14.6 Å². The van der Waals surface area contributed by atoms with E-state index in [0.29, 0.717) is 31.1 Å². The first-order chi connectivity index (χ1) is 13.1. The van der Waals surface area contributed by atoms with Gasteiger partial charge in [0.25, 0.3) is 5.91 Å². The number of piperidine rings is 1. The van der Waals surface area contributed by atoms with Crippen molar-refractivity contribution in [2.75, 3.05) is 19.6 Å². The summed E-state index contributed by atoms with van der Waals surface area (Å²) in [6.07, 6.45) is 8.46. The number of hydrogen-bond acceptors (Lipinski definition) is 3. The van der Waals surface area contributed by atoms with E-state index in [-0.39, 0.29) is 11.8 Å². The molecule has 140 valence electrons. The maximum Gasteiger partial charge on any atom is 0.252 e. The summed E-state index contributed by atoms with van der Waals surface area (Å²) in [4.78, 5) is 30.3. The largest absolute Gasteiger partial charge is 0.352 e. The molecule has 1 aromatic carbocycles. The highest BCUT2D eigenvalue weighted by Crippen LogP contribution is 2.19. The van der Waals surface area contributed by atoms with Gasteiger partial charge in [0.05, 0.1) is 5.56 Å². The maximum atomic E-state index is 12.4. The van der Waals surface area contributed by atoms with Crippen molar-refractivity contribution in [1.82, 2.24) is 15.2 Å². The van der Waals surface area contributed by atoms with Crippen LogP contribution in [0.3, 0.4) is 0 Å². The van der Waals surface area contributed by atoms with Gasteiger partial charge in [0.1, 0.15) is 0 Å². The Balaban J connectivity index is 1.44. The van der Waals surface area contributed by atoms with Crippen LogP contribution in [0.15, 0.2) is 59.3 Å². The molecule has 1 saturated heterocycles. The van der Waals surface area contributed by atoms with E-state index in [1.807, 2.05) is 35.2 Å². The Kier molecular flexibility index (Phi) is 6.76. The van der Waals surface area contributed by atoms with Crippen molar-refractivity contribution in [3.63, 3.8) is 0 Å². The number of pyridine rings is 1. The fourth-order valence-electron chi connectivity index (χ4n) is 3.07. The second kappa shape index (κ2) is 9.46. The Hall–Kier alpha value is -2.47. The van der Waals surface area contributed by atoms with Gasteiger partial charge in [0, 0.05) is 42.6 Å². The normalized spacial score (nSPS) is 15.1. The van der Waals surface area contributed by atoms with Gasteiger partial charge in [-0.1, -0.05) is 34.1 Å². The summed E-state index contributed by atoms with van der Waals surface area (Å²) in [7, 11) is 0. The van der Waals surface area contributed by atoms with E-state index in [4.69, 9.17) is 0 Å². The first-order valence-electron chi connectivity index (χ1n) is 9.03. The van der Waals surface area contributed by atoms with Crippen LogP contribution < -0.4 is 5.32 Å². The molecule has 0 bridgehead atoms.